The molecule has 0 amide bonds. The van der Waals surface area contributed by atoms with Gasteiger partial charge in [-0.15, -0.1) is 0 Å². The lowest BCUT2D eigenvalue weighted by Gasteiger charge is -2.30. The summed E-state index contributed by atoms with van der Waals surface area (Å²) in [5.41, 5.74) is 1.81. The van der Waals surface area contributed by atoms with Gasteiger partial charge in [0.2, 0.25) is 0 Å². The second-order valence-corrected chi connectivity index (χ2v) is 8.03. The zero-order valence-electron chi connectivity index (χ0n) is 15.5. The molecule has 1 aromatic carbocycles. The lowest BCUT2D eigenvalue weighted by Crippen LogP contribution is -2.35. The van der Waals surface area contributed by atoms with Gasteiger partial charge in [0.05, 0.1) is 5.69 Å². The third kappa shape index (κ3) is 2.92. The second-order valence-electron chi connectivity index (χ2n) is 7.05. The van der Waals surface area contributed by atoms with Crippen molar-refractivity contribution in [3.8, 4) is 11.3 Å². The Bertz CT molecular complexity index is 1000. The fourth-order valence-electron chi connectivity index (χ4n) is 3.94. The minimum Gasteiger partial charge on any atom is -0.459 e. The molecule has 3 aromatic rings. The van der Waals surface area contributed by atoms with Crippen molar-refractivity contribution in [2.24, 2.45) is 4.99 Å². The highest BCUT2D eigenvalue weighted by Gasteiger charge is 2.46. The summed E-state index contributed by atoms with van der Waals surface area (Å²) in [7, 11) is 0. The summed E-state index contributed by atoms with van der Waals surface area (Å²) in [6, 6.07) is 16.6. The summed E-state index contributed by atoms with van der Waals surface area (Å²) in [5.74, 6) is 2.41. The molecule has 1 fully saturated rings. The van der Waals surface area contributed by atoms with E-state index in [1.165, 1.54) is 12.1 Å². The molecule has 6 heteroatoms. The number of halogens is 1. The van der Waals surface area contributed by atoms with E-state index < -0.39 is 0 Å². The Hall–Kier alpha value is -2.60. The maximum absolute atomic E-state index is 13.3. The van der Waals surface area contributed by atoms with Crippen LogP contribution in [0.25, 0.3) is 11.3 Å². The normalized spacial score (nSPS) is 23.7. The number of fused-ring (bicyclic) bond motifs is 1. The number of thioether (sulfide) groups is 1. The molecule has 4 nitrogen and oxygen atoms in total. The fraction of sp³-hybridized carbons (Fsp3) is 0.273. The van der Waals surface area contributed by atoms with Gasteiger partial charge in [0, 0.05) is 23.6 Å². The van der Waals surface area contributed by atoms with Crippen LogP contribution in [-0.2, 0) is 0 Å². The first-order valence-electron chi connectivity index (χ1n) is 9.50. The van der Waals surface area contributed by atoms with Crippen molar-refractivity contribution in [2.75, 3.05) is 5.75 Å². The molecule has 0 unspecified atom stereocenters. The van der Waals surface area contributed by atoms with E-state index in [4.69, 9.17) is 9.41 Å². The van der Waals surface area contributed by atoms with Crippen LogP contribution in [0.15, 0.2) is 70.2 Å². The van der Waals surface area contributed by atoms with Gasteiger partial charge in [0.15, 0.2) is 5.17 Å². The number of hydrogen-bond acceptors (Lipinski definition) is 5. The van der Waals surface area contributed by atoms with Gasteiger partial charge in [0.1, 0.15) is 29.4 Å². The van der Waals surface area contributed by atoms with Crippen LogP contribution in [0, 0.1) is 5.82 Å². The molecular formula is C22H20FN3OS. The van der Waals surface area contributed by atoms with Gasteiger partial charge in [-0.2, -0.15) is 0 Å². The summed E-state index contributed by atoms with van der Waals surface area (Å²) >= 11 is 1.81. The SMILES string of the molecule is CC[C@@H]1CSC2=N[C@H](c3ccccn3)[C@@H](c3ccc(-c4ccc(F)cc4)o3)N21. The molecule has 5 rings (SSSR count). The highest BCUT2D eigenvalue weighted by Crippen LogP contribution is 2.49. The third-order valence-corrected chi connectivity index (χ3v) is 6.50. The molecule has 0 aliphatic carbocycles. The third-order valence-electron chi connectivity index (χ3n) is 5.38. The molecular weight excluding hydrogens is 373 g/mol. The number of pyridine rings is 1. The minimum atomic E-state index is -0.251. The standard InChI is InChI=1S/C22H20FN3OS/c1-2-16-13-28-22-25-20(17-5-3-4-12-24-17)21(26(16)22)19-11-10-18(27-19)14-6-8-15(23)9-7-14/h3-12,16,20-21H,2,13H2,1H3/t16-,20-,21-/m1/s1. The number of furan rings is 1. The van der Waals surface area contributed by atoms with E-state index >= 15 is 0 Å². The molecule has 3 atom stereocenters. The largest absolute Gasteiger partial charge is 0.459 e. The number of amidine groups is 1. The van der Waals surface area contributed by atoms with Crippen molar-refractivity contribution in [3.63, 3.8) is 0 Å². The van der Waals surface area contributed by atoms with E-state index in [0.717, 1.165) is 40.1 Å². The van der Waals surface area contributed by atoms with Crippen molar-refractivity contribution in [2.45, 2.75) is 31.5 Å². The molecule has 0 saturated carbocycles. The molecule has 142 valence electrons. The van der Waals surface area contributed by atoms with Crippen molar-refractivity contribution in [1.82, 2.24) is 9.88 Å². The van der Waals surface area contributed by atoms with Gasteiger partial charge in [-0.1, -0.05) is 24.8 Å². The van der Waals surface area contributed by atoms with E-state index in [2.05, 4.69) is 16.8 Å². The summed E-state index contributed by atoms with van der Waals surface area (Å²) < 4.78 is 19.5. The maximum atomic E-state index is 13.3. The Morgan fingerprint density at radius 2 is 2.00 bits per heavy atom. The molecule has 1 saturated heterocycles. The van der Waals surface area contributed by atoms with Crippen LogP contribution in [-0.4, -0.2) is 26.8 Å². The van der Waals surface area contributed by atoms with Gasteiger partial charge in [0.25, 0.3) is 0 Å². The maximum Gasteiger partial charge on any atom is 0.161 e. The van der Waals surface area contributed by atoms with Crippen LogP contribution in [0.2, 0.25) is 0 Å². The fourth-order valence-corrected chi connectivity index (χ4v) is 5.28. The highest BCUT2D eigenvalue weighted by molar-refractivity contribution is 8.14. The summed E-state index contributed by atoms with van der Waals surface area (Å²) in [5, 5.41) is 1.08. The Balaban J connectivity index is 1.55. The summed E-state index contributed by atoms with van der Waals surface area (Å²) in [4.78, 5) is 12.0. The van der Waals surface area contributed by atoms with E-state index in [9.17, 15) is 4.39 Å². The molecule has 0 spiro atoms. The van der Waals surface area contributed by atoms with Crippen molar-refractivity contribution in [1.29, 1.82) is 0 Å². The highest BCUT2D eigenvalue weighted by atomic mass is 32.2. The van der Waals surface area contributed by atoms with Crippen LogP contribution in [0.5, 0.6) is 0 Å². The van der Waals surface area contributed by atoms with Crippen LogP contribution in [0.3, 0.4) is 0 Å². The summed E-state index contributed by atoms with van der Waals surface area (Å²) in [6.07, 6.45) is 2.87. The van der Waals surface area contributed by atoms with Gasteiger partial charge in [-0.25, -0.2) is 9.38 Å². The second kappa shape index (κ2) is 7.09. The van der Waals surface area contributed by atoms with E-state index in [-0.39, 0.29) is 17.9 Å². The quantitative estimate of drug-likeness (QED) is 0.590. The first-order valence-corrected chi connectivity index (χ1v) is 10.5. The van der Waals surface area contributed by atoms with Crippen LogP contribution >= 0.6 is 11.8 Å². The average Bonchev–Trinajstić information content (AvgIpc) is 3.44. The van der Waals surface area contributed by atoms with Gasteiger partial charge < -0.3 is 9.32 Å². The lowest BCUT2D eigenvalue weighted by atomic mass is 10.0. The Morgan fingerprint density at radius 3 is 2.75 bits per heavy atom. The predicted molar refractivity (Wildman–Crippen MR) is 110 cm³/mol. The molecule has 2 aromatic heterocycles. The van der Waals surface area contributed by atoms with E-state index in [0.29, 0.717) is 6.04 Å². The summed E-state index contributed by atoms with van der Waals surface area (Å²) in [6.45, 7) is 2.21. The van der Waals surface area contributed by atoms with E-state index in [1.807, 2.05) is 48.3 Å². The van der Waals surface area contributed by atoms with Gasteiger partial charge >= 0.3 is 0 Å². The van der Waals surface area contributed by atoms with Gasteiger partial charge in [-0.05, 0) is 55.0 Å². The van der Waals surface area contributed by atoms with Crippen molar-refractivity contribution < 1.29 is 8.81 Å². The molecule has 2 aliphatic heterocycles. The zero-order chi connectivity index (χ0) is 19.1. The molecule has 0 bridgehead atoms. The average molecular weight is 393 g/mol. The number of rotatable bonds is 4. The number of nitrogens with zero attached hydrogens (tertiary/aromatic N) is 3. The van der Waals surface area contributed by atoms with Gasteiger partial charge in [-0.3, -0.25) is 4.98 Å². The van der Waals surface area contributed by atoms with Crippen molar-refractivity contribution in [3.05, 3.63) is 78.1 Å². The van der Waals surface area contributed by atoms with Crippen LogP contribution in [0.1, 0.15) is 36.9 Å². The van der Waals surface area contributed by atoms with E-state index in [1.54, 1.807) is 12.1 Å². The molecule has 28 heavy (non-hydrogen) atoms. The minimum absolute atomic E-state index is 0.0148. The Kier molecular flexibility index (Phi) is 4.43. The predicted octanol–water partition coefficient (Wildman–Crippen LogP) is 5.46. The van der Waals surface area contributed by atoms with Crippen molar-refractivity contribution >= 4 is 16.9 Å². The smallest absolute Gasteiger partial charge is 0.161 e. The first-order chi connectivity index (χ1) is 13.7. The zero-order valence-corrected chi connectivity index (χ0v) is 16.3. The number of hydrogen-bond donors (Lipinski definition) is 0. The Labute approximate surface area is 167 Å². The molecule has 2 aliphatic rings. The Morgan fingerprint density at radius 1 is 1.14 bits per heavy atom. The number of benzene rings is 1. The first kappa shape index (κ1) is 17.5. The topological polar surface area (TPSA) is 41.6 Å². The number of aliphatic imine (C=N–C) groups is 1. The monoisotopic (exact) mass is 393 g/mol. The lowest BCUT2D eigenvalue weighted by molar-refractivity contribution is 0.226. The molecule has 0 radical (unpaired) electrons. The molecule has 0 N–H and O–H groups in total. The molecule has 4 heterocycles. The number of aromatic nitrogens is 1. The van der Waals surface area contributed by atoms with Crippen LogP contribution in [0.4, 0.5) is 4.39 Å². The van der Waals surface area contributed by atoms with Crippen LogP contribution < -0.4 is 0 Å².